The highest BCUT2D eigenvalue weighted by Gasteiger charge is 2.60. The second kappa shape index (κ2) is 8.70. The van der Waals surface area contributed by atoms with Crippen molar-refractivity contribution in [2.45, 2.75) is 90.4 Å². The largest absolute Gasteiger partial charge is 0.481 e. The highest BCUT2D eigenvalue weighted by atomic mass is 16.7. The van der Waals surface area contributed by atoms with Gasteiger partial charge in [-0.3, -0.25) is 4.79 Å². The molecule has 5 fully saturated rings. The van der Waals surface area contributed by atoms with E-state index in [4.69, 9.17) is 9.47 Å². The fraction of sp³-hybridized carbons (Fsp3) is 0.889. The number of allylic oxidation sites excluding steroid dienone is 1. The van der Waals surface area contributed by atoms with Gasteiger partial charge in [-0.1, -0.05) is 38.8 Å². The van der Waals surface area contributed by atoms with Gasteiger partial charge in [-0.15, -0.1) is 0 Å². The third-order valence-electron chi connectivity index (χ3n) is 10.3. The van der Waals surface area contributed by atoms with Gasteiger partial charge in [0.2, 0.25) is 0 Å². The van der Waals surface area contributed by atoms with Gasteiger partial charge in [-0.2, -0.15) is 0 Å². The molecule has 0 aromatic carbocycles. The molecule has 2 heterocycles. The van der Waals surface area contributed by atoms with E-state index >= 15 is 0 Å². The monoisotopic (exact) mass is 445 g/mol. The molecule has 1 unspecified atom stereocenters. The topological polar surface area (TPSA) is 59.0 Å². The Labute approximate surface area is 193 Å². The number of rotatable bonds is 5. The molecule has 3 saturated carbocycles. The maximum Gasteiger partial charge on any atom is 0.307 e. The number of fused-ring (bicyclic) bond motifs is 3. The molecule has 0 aromatic rings. The molecule has 0 spiro atoms. The van der Waals surface area contributed by atoms with Gasteiger partial charge in [0.05, 0.1) is 18.6 Å². The summed E-state index contributed by atoms with van der Waals surface area (Å²) in [6.07, 6.45) is 12.0. The first-order valence-electron chi connectivity index (χ1n) is 13.2. The van der Waals surface area contributed by atoms with Gasteiger partial charge in [-0.25, -0.2) is 0 Å². The number of aliphatic carboxylic acids is 1. The van der Waals surface area contributed by atoms with Crippen LogP contribution in [-0.4, -0.2) is 54.6 Å². The van der Waals surface area contributed by atoms with Crippen LogP contribution in [0.4, 0.5) is 0 Å². The number of carboxylic acid groups (broad SMARTS) is 1. The fourth-order valence-electron chi connectivity index (χ4n) is 8.41. The van der Waals surface area contributed by atoms with Crippen molar-refractivity contribution in [3.8, 4) is 0 Å². The van der Waals surface area contributed by atoms with E-state index in [2.05, 4.69) is 25.3 Å². The number of ether oxygens (including phenoxy) is 2. The Morgan fingerprint density at radius 2 is 1.94 bits per heavy atom. The second-order valence-corrected chi connectivity index (χ2v) is 12.1. The van der Waals surface area contributed by atoms with Gasteiger partial charge in [0.1, 0.15) is 0 Å². The zero-order chi connectivity index (χ0) is 22.5. The Hall–Kier alpha value is -0.910. The van der Waals surface area contributed by atoms with Crippen LogP contribution in [0, 0.1) is 34.5 Å². The van der Waals surface area contributed by atoms with Crippen molar-refractivity contribution < 1.29 is 19.4 Å². The van der Waals surface area contributed by atoms with Crippen molar-refractivity contribution in [3.63, 3.8) is 0 Å². The van der Waals surface area contributed by atoms with Gasteiger partial charge in [0.25, 0.3) is 0 Å². The zero-order valence-electron chi connectivity index (χ0n) is 20.2. The Bertz CT molecular complexity index is 733. The number of hydrogen-bond acceptors (Lipinski definition) is 4. The summed E-state index contributed by atoms with van der Waals surface area (Å²) in [4.78, 5) is 13.7. The van der Waals surface area contributed by atoms with Crippen molar-refractivity contribution in [1.82, 2.24) is 4.90 Å². The highest BCUT2D eigenvalue weighted by molar-refractivity contribution is 5.70. The predicted molar refractivity (Wildman–Crippen MR) is 124 cm³/mol. The molecule has 3 aliphatic carbocycles. The van der Waals surface area contributed by atoms with E-state index in [-0.39, 0.29) is 23.0 Å². The summed E-state index contributed by atoms with van der Waals surface area (Å²) >= 11 is 0. The lowest BCUT2D eigenvalue weighted by atomic mass is 9.46. The average molecular weight is 446 g/mol. The van der Waals surface area contributed by atoms with Gasteiger partial charge >= 0.3 is 5.97 Å². The molecule has 32 heavy (non-hydrogen) atoms. The quantitative estimate of drug-likeness (QED) is 0.597. The van der Waals surface area contributed by atoms with E-state index < -0.39 is 5.97 Å². The van der Waals surface area contributed by atoms with Crippen LogP contribution < -0.4 is 0 Å². The molecule has 1 N–H and O–H groups in total. The summed E-state index contributed by atoms with van der Waals surface area (Å²) in [6, 6.07) is 0. The summed E-state index contributed by atoms with van der Waals surface area (Å²) in [7, 11) is 0. The number of hydrogen-bond donors (Lipinski definition) is 1. The highest BCUT2D eigenvalue weighted by Crippen LogP contribution is 2.63. The Balaban J connectivity index is 1.27. The minimum Gasteiger partial charge on any atom is -0.481 e. The Morgan fingerprint density at radius 1 is 1.16 bits per heavy atom. The standard InChI is InChI=1S/C27H43NO4/c1-18-8-9-22-26(2,21(18)12-15-28-14-11-20(16-28)24(29)30)13-10-23-27(22,3)17-31-25(32-23)19-6-4-5-7-19/h19-23,25H,1,4-17H2,2-3H3,(H,29,30)/t20-,21+,22?,23+,25+,26-,27-/m0/s1. The molecule has 0 radical (unpaired) electrons. The van der Waals surface area contributed by atoms with Crippen molar-refractivity contribution in [3.05, 3.63) is 12.2 Å². The maximum absolute atomic E-state index is 11.4. The molecule has 5 heteroatoms. The summed E-state index contributed by atoms with van der Waals surface area (Å²) in [6.45, 7) is 12.9. The number of carbonyl (C=O) groups is 1. The summed E-state index contributed by atoms with van der Waals surface area (Å²) in [5.41, 5.74) is 1.74. The molecule has 180 valence electrons. The van der Waals surface area contributed by atoms with Crippen molar-refractivity contribution >= 4 is 5.97 Å². The normalized spacial score (nSPS) is 45.6. The predicted octanol–water partition coefficient (Wildman–Crippen LogP) is 5.10. The third-order valence-corrected chi connectivity index (χ3v) is 10.3. The van der Waals surface area contributed by atoms with Crippen LogP contribution in [0.15, 0.2) is 12.2 Å². The minimum absolute atomic E-state index is 0.0200. The first kappa shape index (κ1) is 22.9. The Morgan fingerprint density at radius 3 is 2.66 bits per heavy atom. The lowest BCUT2D eigenvalue weighted by Crippen LogP contribution is -2.62. The zero-order valence-corrected chi connectivity index (χ0v) is 20.2. The van der Waals surface area contributed by atoms with Crippen LogP contribution >= 0.6 is 0 Å². The molecule has 5 nitrogen and oxygen atoms in total. The molecule has 7 atom stereocenters. The number of likely N-dealkylation sites (tertiary alicyclic amines) is 1. The SMILES string of the molecule is C=C1CCC2[C@]3(C)CO[C@@H](C4CCCC4)O[C@@H]3CC[C@@]2(C)[C@@H]1CCN1CC[C@H](C(=O)O)C1. The van der Waals surface area contributed by atoms with Gasteiger partial charge in [0.15, 0.2) is 6.29 Å². The third kappa shape index (κ3) is 3.86. The van der Waals surface area contributed by atoms with Gasteiger partial charge in [-0.05, 0) is 81.7 Å². The van der Waals surface area contributed by atoms with Crippen LogP contribution in [0.1, 0.15) is 78.1 Å². The van der Waals surface area contributed by atoms with Gasteiger partial charge in [0, 0.05) is 17.9 Å². The van der Waals surface area contributed by atoms with Crippen molar-refractivity contribution in [2.75, 3.05) is 26.2 Å². The number of nitrogens with zero attached hydrogens (tertiary/aromatic N) is 1. The fourth-order valence-corrected chi connectivity index (χ4v) is 8.41. The summed E-state index contributed by atoms with van der Waals surface area (Å²) in [5.74, 6) is 0.879. The molecular formula is C27H43NO4. The molecular weight excluding hydrogens is 402 g/mol. The van der Waals surface area contributed by atoms with Crippen molar-refractivity contribution in [2.24, 2.45) is 34.5 Å². The van der Waals surface area contributed by atoms with Crippen LogP contribution in [0.25, 0.3) is 0 Å². The summed E-state index contributed by atoms with van der Waals surface area (Å²) in [5, 5.41) is 9.35. The summed E-state index contributed by atoms with van der Waals surface area (Å²) < 4.78 is 13.2. The molecule has 0 aromatic heterocycles. The molecule has 2 saturated heterocycles. The average Bonchev–Trinajstić information content (AvgIpc) is 3.45. The van der Waals surface area contributed by atoms with Gasteiger partial charge < -0.3 is 19.5 Å². The van der Waals surface area contributed by atoms with Crippen LogP contribution in [0.3, 0.4) is 0 Å². The van der Waals surface area contributed by atoms with E-state index in [0.717, 1.165) is 45.4 Å². The van der Waals surface area contributed by atoms with Crippen LogP contribution in [0.2, 0.25) is 0 Å². The molecule has 5 rings (SSSR count). The second-order valence-electron chi connectivity index (χ2n) is 12.1. The Kier molecular flexibility index (Phi) is 6.22. The molecule has 5 aliphatic rings. The maximum atomic E-state index is 11.4. The first-order valence-corrected chi connectivity index (χ1v) is 13.2. The van der Waals surface area contributed by atoms with Crippen molar-refractivity contribution in [1.29, 1.82) is 0 Å². The van der Waals surface area contributed by atoms with E-state index in [0.29, 0.717) is 30.4 Å². The van der Waals surface area contributed by atoms with E-state index in [1.165, 1.54) is 44.1 Å². The lowest BCUT2D eigenvalue weighted by Gasteiger charge is -2.63. The van der Waals surface area contributed by atoms with E-state index in [9.17, 15) is 9.90 Å². The van der Waals surface area contributed by atoms with E-state index in [1.54, 1.807) is 0 Å². The number of carboxylic acids is 1. The lowest BCUT2D eigenvalue weighted by molar-refractivity contribution is -0.316. The van der Waals surface area contributed by atoms with Crippen LogP contribution in [0.5, 0.6) is 0 Å². The molecule has 0 bridgehead atoms. The molecule has 0 amide bonds. The smallest absolute Gasteiger partial charge is 0.307 e. The minimum atomic E-state index is -0.638. The molecule has 2 aliphatic heterocycles. The van der Waals surface area contributed by atoms with E-state index in [1.807, 2.05) is 0 Å². The first-order chi connectivity index (χ1) is 15.3. The van der Waals surface area contributed by atoms with Crippen LogP contribution in [-0.2, 0) is 14.3 Å².